The quantitative estimate of drug-likeness (QED) is 0.166. The molecule has 12 aromatic rings. The first-order chi connectivity index (χ1) is 44.6. The van der Waals surface area contributed by atoms with Crippen LogP contribution in [-0.4, -0.2) is 0 Å². The van der Waals surface area contributed by atoms with Gasteiger partial charge in [0.15, 0.2) is 0 Å². The number of anilines is 3. The molecule has 16 rings (SSSR count). The zero-order chi connectivity index (χ0) is 64.8. The Morgan fingerprint density at radius 1 is 0.269 bits per heavy atom. The number of hydrogen-bond donors (Lipinski definition) is 0. The Bertz CT molecular complexity index is 4590. The van der Waals surface area contributed by atoms with E-state index in [4.69, 9.17) is 0 Å². The van der Waals surface area contributed by atoms with Crippen molar-refractivity contribution in [3.8, 4) is 44.5 Å². The van der Waals surface area contributed by atoms with Gasteiger partial charge < -0.3 is 4.90 Å². The van der Waals surface area contributed by atoms with E-state index in [0.29, 0.717) is 0 Å². The van der Waals surface area contributed by atoms with Crippen LogP contribution in [0.5, 0.6) is 0 Å². The van der Waals surface area contributed by atoms with E-state index < -0.39 is 5.41 Å². The molecule has 0 saturated carbocycles. The number of rotatable bonds is 5. The van der Waals surface area contributed by atoms with Gasteiger partial charge in [-0.15, -0.1) is 0 Å². The summed E-state index contributed by atoms with van der Waals surface area (Å²) in [6.07, 6.45) is 1.03. The average Bonchev–Trinajstić information content (AvgIpc) is 1.52. The fraction of sp³-hybridized carbons (Fsp3) is 0.209. The van der Waals surface area contributed by atoms with Gasteiger partial charge in [-0.05, 0) is 176 Å². The van der Waals surface area contributed by atoms with E-state index in [1.54, 1.807) is 0 Å². The lowest BCUT2D eigenvalue weighted by Crippen LogP contribution is -2.27. The first kappa shape index (κ1) is 61.4. The Kier molecular flexibility index (Phi) is 15.3. The highest BCUT2D eigenvalue weighted by atomic mass is 79.9. The molecule has 0 fully saturated rings. The summed E-state index contributed by atoms with van der Waals surface area (Å²) in [6, 6.07) is 104. The van der Waals surface area contributed by atoms with Gasteiger partial charge in [0.2, 0.25) is 0 Å². The number of para-hydroxylation sites is 2. The molecule has 2 spiro atoms. The van der Waals surface area contributed by atoms with Gasteiger partial charge in [-0.25, -0.2) is 0 Å². The van der Waals surface area contributed by atoms with Crippen LogP contribution in [0.2, 0.25) is 0 Å². The van der Waals surface area contributed by atoms with Crippen molar-refractivity contribution in [3.63, 3.8) is 0 Å². The van der Waals surface area contributed by atoms with Crippen LogP contribution in [0.1, 0.15) is 161 Å². The van der Waals surface area contributed by atoms with Crippen molar-refractivity contribution >= 4 is 33.0 Å². The number of halogens is 1. The third-order valence-corrected chi connectivity index (χ3v) is 20.8. The summed E-state index contributed by atoms with van der Waals surface area (Å²) in [4.78, 5) is 2.43. The summed E-state index contributed by atoms with van der Waals surface area (Å²) < 4.78 is 1.17. The maximum Gasteiger partial charge on any atom is 0.0726 e. The van der Waals surface area contributed by atoms with Crippen LogP contribution in [0.4, 0.5) is 17.1 Å². The highest BCUT2D eigenvalue weighted by Gasteiger charge is 2.55. The molecule has 0 heterocycles. The molecule has 1 nitrogen and oxygen atoms in total. The molecule has 4 aliphatic carbocycles. The molecule has 0 aromatic heterocycles. The van der Waals surface area contributed by atoms with Crippen LogP contribution >= 0.6 is 15.9 Å². The first-order valence-corrected chi connectivity index (χ1v) is 34.1. The molecule has 460 valence electrons. The minimum absolute atomic E-state index is 0.0295. The van der Waals surface area contributed by atoms with Crippen LogP contribution in [0.25, 0.3) is 44.5 Å². The molecule has 0 unspecified atom stereocenters. The van der Waals surface area contributed by atoms with Crippen LogP contribution in [0, 0.1) is 0 Å². The van der Waals surface area contributed by atoms with Gasteiger partial charge in [0.1, 0.15) is 0 Å². The Hall–Kier alpha value is -9.08. The van der Waals surface area contributed by atoms with Gasteiger partial charge in [0, 0.05) is 27.0 Å². The van der Waals surface area contributed by atoms with Gasteiger partial charge in [0.25, 0.3) is 0 Å². The third kappa shape index (κ3) is 10.4. The van der Waals surface area contributed by atoms with E-state index in [9.17, 15) is 0 Å². The molecular weight excluding hydrogens is 1190 g/mol. The molecule has 4 aliphatic rings. The molecule has 93 heavy (non-hydrogen) atoms. The third-order valence-electron chi connectivity index (χ3n) is 20.2. The smallest absolute Gasteiger partial charge is 0.0726 e. The predicted octanol–water partition coefficient (Wildman–Crippen LogP) is 24.8. The van der Waals surface area contributed by atoms with E-state index in [-0.39, 0.29) is 27.1 Å². The van der Waals surface area contributed by atoms with Crippen molar-refractivity contribution in [3.05, 3.63) is 361 Å². The van der Waals surface area contributed by atoms with Crippen LogP contribution in [-0.2, 0) is 38.9 Å². The number of benzene rings is 12. The summed E-state index contributed by atoms with van der Waals surface area (Å²) in [6.45, 7) is 27.8. The summed E-state index contributed by atoms with van der Waals surface area (Å²) in [5, 5.41) is 0. The summed E-state index contributed by atoms with van der Waals surface area (Å²) in [7, 11) is 0. The van der Waals surface area contributed by atoms with E-state index >= 15 is 0 Å². The van der Waals surface area contributed by atoms with Crippen molar-refractivity contribution < 1.29 is 0 Å². The standard InChI is InChI=1S/C45H41N.C33H31Br.C13H12/c1-43(2,3)30-24-26-34-35-27-25-31(44(4,5)6)29-40(35)45(39(34)28-30)37-21-14-13-20-36(37)42-38(45)22-15-23-41(42)46(32-16-9-7-10-17-32)33-18-11-8-12-19-33;1-31(2,3)20-14-16-22-23-17-15-21(32(4,5)6)19-28(23)33(27(22)18-20)25-11-8-7-10-24(25)30-26(33)12-9-13-29(30)34;1-3-7-12(8-4-1)11-13-9-5-2-6-10-13/h7-29H,1-6H3;7-19H,1-6H3;1-10H,11H2. The summed E-state index contributed by atoms with van der Waals surface area (Å²) >= 11 is 3.92. The summed E-state index contributed by atoms with van der Waals surface area (Å²) in [5.41, 5.74) is 33.1. The molecule has 12 aromatic carbocycles. The number of hydrogen-bond acceptors (Lipinski definition) is 1. The largest absolute Gasteiger partial charge is 0.310 e. The second kappa shape index (κ2) is 23.2. The van der Waals surface area contributed by atoms with Gasteiger partial charge in [-0.2, -0.15) is 0 Å². The maximum absolute atomic E-state index is 3.92. The highest BCUT2D eigenvalue weighted by molar-refractivity contribution is 9.10. The zero-order valence-corrected chi connectivity index (χ0v) is 57.7. The Labute approximate surface area is 562 Å². The molecule has 0 bridgehead atoms. The molecule has 2 heteroatoms. The SMILES string of the molecule is CC(C)(C)c1ccc2c(c1)C1(c3cc(C(C)(C)C)ccc3-2)c2ccccc2-c2c(Br)cccc21.CC(C)(C)c1ccc2c(c1)C1(c3cc(C(C)(C)C)ccc3-2)c2ccccc2-c2c(N(c3ccccc3)c3ccccc3)cccc21.c1ccc(Cc2ccccc2)cc1. The molecule has 0 saturated heterocycles. The molecule has 0 aliphatic heterocycles. The van der Waals surface area contributed by atoms with E-state index in [1.165, 1.54) is 133 Å². The second-order valence-corrected chi connectivity index (χ2v) is 31.0. The summed E-state index contributed by atoms with van der Waals surface area (Å²) in [5.74, 6) is 0. The highest BCUT2D eigenvalue weighted by Crippen LogP contribution is 2.67. The molecule has 0 radical (unpaired) electrons. The van der Waals surface area contributed by atoms with Gasteiger partial charge in [-0.3, -0.25) is 0 Å². The fourth-order valence-corrected chi connectivity index (χ4v) is 16.0. The van der Waals surface area contributed by atoms with E-state index in [2.05, 4.69) is 383 Å². The van der Waals surface area contributed by atoms with Crippen molar-refractivity contribution in [2.75, 3.05) is 4.90 Å². The lowest BCUT2D eigenvalue weighted by atomic mass is 9.69. The van der Waals surface area contributed by atoms with Crippen molar-refractivity contribution in [1.29, 1.82) is 0 Å². The van der Waals surface area contributed by atoms with Gasteiger partial charge in [0.05, 0.1) is 16.5 Å². The second-order valence-electron chi connectivity index (χ2n) is 30.1. The Morgan fingerprint density at radius 2 is 0.570 bits per heavy atom. The fourth-order valence-electron chi connectivity index (χ4n) is 15.5. The monoisotopic (exact) mass is 1270 g/mol. The van der Waals surface area contributed by atoms with Gasteiger partial charge >= 0.3 is 0 Å². The van der Waals surface area contributed by atoms with Crippen molar-refractivity contribution in [2.24, 2.45) is 0 Å². The predicted molar refractivity (Wildman–Crippen MR) is 398 cm³/mol. The van der Waals surface area contributed by atoms with Gasteiger partial charge in [-0.1, -0.05) is 342 Å². The minimum Gasteiger partial charge on any atom is -0.310 e. The van der Waals surface area contributed by atoms with Crippen LogP contribution in [0.3, 0.4) is 0 Å². The average molecular weight is 1270 g/mol. The Balaban J connectivity index is 0.000000139. The molecule has 0 amide bonds. The molecular formula is C91H84BrN. The van der Waals surface area contributed by atoms with Crippen molar-refractivity contribution in [2.45, 2.75) is 122 Å². The van der Waals surface area contributed by atoms with Crippen molar-refractivity contribution in [1.82, 2.24) is 0 Å². The molecule has 0 N–H and O–H groups in total. The lowest BCUT2D eigenvalue weighted by molar-refractivity contribution is 0.586. The minimum atomic E-state index is -0.422. The van der Waals surface area contributed by atoms with Crippen LogP contribution < -0.4 is 4.90 Å². The lowest BCUT2D eigenvalue weighted by Gasteiger charge is -2.33. The van der Waals surface area contributed by atoms with Crippen LogP contribution in [0.15, 0.2) is 284 Å². The Morgan fingerprint density at radius 3 is 0.935 bits per heavy atom. The van der Waals surface area contributed by atoms with E-state index in [0.717, 1.165) is 17.8 Å². The topological polar surface area (TPSA) is 3.24 Å². The number of nitrogens with zero attached hydrogens (tertiary/aromatic N) is 1. The normalized spacial score (nSPS) is 13.9. The zero-order valence-electron chi connectivity index (χ0n) is 56.1. The first-order valence-electron chi connectivity index (χ1n) is 33.3. The maximum atomic E-state index is 3.92. The number of fused-ring (bicyclic) bond motifs is 20. The van der Waals surface area contributed by atoms with E-state index in [1.807, 2.05) is 0 Å². The molecule has 0 atom stereocenters.